The summed E-state index contributed by atoms with van der Waals surface area (Å²) in [6, 6.07) is 4.13. The molecule has 14 heteroatoms. The summed E-state index contributed by atoms with van der Waals surface area (Å²) in [7, 11) is 1.26. The number of amides is 1. The maximum absolute atomic E-state index is 13.1. The van der Waals surface area contributed by atoms with Crippen LogP contribution in [0.4, 0.5) is 26.3 Å². The fourth-order valence-corrected chi connectivity index (χ4v) is 2.85. The van der Waals surface area contributed by atoms with Gasteiger partial charge in [0.1, 0.15) is 6.07 Å². The van der Waals surface area contributed by atoms with Gasteiger partial charge in [-0.1, -0.05) is 0 Å². The third kappa shape index (κ3) is 5.25. The Kier molecular flexibility index (Phi) is 6.49. The Hall–Kier alpha value is -4.15. The molecule has 3 rings (SSSR count). The number of aromatic nitrogens is 4. The van der Waals surface area contributed by atoms with Gasteiger partial charge in [-0.2, -0.15) is 41.3 Å². The van der Waals surface area contributed by atoms with Gasteiger partial charge >= 0.3 is 18.4 Å². The van der Waals surface area contributed by atoms with Gasteiger partial charge in [-0.25, -0.2) is 4.98 Å². The number of hydrogen-bond acceptors (Lipinski definition) is 6. The summed E-state index contributed by atoms with van der Waals surface area (Å²) in [5, 5.41) is 15.2. The lowest BCUT2D eigenvalue weighted by Gasteiger charge is -2.17. The molecule has 0 spiro atoms. The molecule has 1 amide bonds. The minimum Gasteiger partial charge on any atom is -0.466 e. The van der Waals surface area contributed by atoms with E-state index < -0.39 is 41.0 Å². The van der Waals surface area contributed by atoms with Crippen molar-refractivity contribution in [3.8, 4) is 17.9 Å². The molecule has 1 atom stereocenters. The monoisotopic (exact) mass is 484 g/mol. The van der Waals surface area contributed by atoms with Gasteiger partial charge in [0, 0.05) is 11.8 Å². The van der Waals surface area contributed by atoms with Crippen LogP contribution in [0.15, 0.2) is 36.5 Å². The Bertz CT molecular complexity index is 1210. The minimum atomic E-state index is -5.10. The maximum atomic E-state index is 13.1. The number of methoxy groups -OCH3 is 1. The number of rotatable bonds is 5. The summed E-state index contributed by atoms with van der Waals surface area (Å²) < 4.78 is 84.7. The predicted octanol–water partition coefficient (Wildman–Crippen LogP) is 4.07. The Morgan fingerprint density at radius 2 is 1.74 bits per heavy atom. The second-order valence-corrected chi connectivity index (χ2v) is 6.88. The third-order valence-electron chi connectivity index (χ3n) is 4.47. The lowest BCUT2D eigenvalue weighted by molar-refractivity contribution is -0.143. The van der Waals surface area contributed by atoms with Gasteiger partial charge < -0.3 is 10.1 Å². The normalized spacial score (nSPS) is 12.7. The molecule has 178 valence electrons. The van der Waals surface area contributed by atoms with Crippen molar-refractivity contribution in [2.24, 2.45) is 0 Å². The van der Waals surface area contributed by atoms with Crippen molar-refractivity contribution < 1.29 is 35.9 Å². The van der Waals surface area contributed by atoms with E-state index in [1.165, 1.54) is 32.4 Å². The number of hydrogen-bond donors (Lipinski definition) is 1. The number of benzene rings is 1. The molecule has 34 heavy (non-hydrogen) atoms. The number of nitrogens with zero attached hydrogens (tertiary/aromatic N) is 5. The Morgan fingerprint density at radius 1 is 1.12 bits per heavy atom. The molecule has 0 bridgehead atoms. The highest BCUT2D eigenvalue weighted by atomic mass is 19.4. The minimum absolute atomic E-state index is 0.0189. The van der Waals surface area contributed by atoms with Crippen LogP contribution in [0.1, 0.15) is 45.8 Å². The smallest absolute Gasteiger partial charge is 0.416 e. The fraction of sp³-hybridized carbons (Fsp3) is 0.250. The highest BCUT2D eigenvalue weighted by Crippen LogP contribution is 2.36. The first-order valence-electron chi connectivity index (χ1n) is 9.31. The lowest BCUT2D eigenvalue weighted by atomic mass is 10.0. The zero-order valence-electron chi connectivity index (χ0n) is 17.4. The second kappa shape index (κ2) is 9.00. The van der Waals surface area contributed by atoms with Gasteiger partial charge in [-0.3, -0.25) is 4.79 Å². The van der Waals surface area contributed by atoms with Crippen LogP contribution in [0.2, 0.25) is 0 Å². The average Bonchev–Trinajstić information content (AvgIpc) is 3.22. The van der Waals surface area contributed by atoms with Crippen molar-refractivity contribution in [3.05, 3.63) is 64.6 Å². The van der Waals surface area contributed by atoms with Crippen molar-refractivity contribution in [2.45, 2.75) is 25.3 Å². The van der Waals surface area contributed by atoms with Crippen LogP contribution >= 0.6 is 0 Å². The van der Waals surface area contributed by atoms with Crippen LogP contribution in [0.25, 0.3) is 5.82 Å². The molecule has 0 radical (unpaired) electrons. The third-order valence-corrected chi connectivity index (χ3v) is 4.47. The lowest BCUT2D eigenvalue weighted by Crippen LogP contribution is -2.29. The van der Waals surface area contributed by atoms with Gasteiger partial charge in [-0.15, -0.1) is 5.10 Å². The van der Waals surface area contributed by atoms with Crippen molar-refractivity contribution in [1.82, 2.24) is 25.1 Å². The first-order valence-corrected chi connectivity index (χ1v) is 9.31. The Labute approximate surface area is 187 Å². The van der Waals surface area contributed by atoms with Crippen LogP contribution in [0.3, 0.4) is 0 Å². The van der Waals surface area contributed by atoms with Crippen molar-refractivity contribution >= 4 is 5.91 Å². The summed E-state index contributed by atoms with van der Waals surface area (Å²) in [4.78, 5) is 20.7. The molecule has 2 heterocycles. The summed E-state index contributed by atoms with van der Waals surface area (Å²) in [6.45, 7) is 1.39. The molecule has 0 aliphatic heterocycles. The molecule has 3 aromatic rings. The van der Waals surface area contributed by atoms with Crippen molar-refractivity contribution in [3.63, 3.8) is 0 Å². The zero-order valence-corrected chi connectivity index (χ0v) is 17.4. The summed E-state index contributed by atoms with van der Waals surface area (Å²) in [5.74, 6) is -1.01. The van der Waals surface area contributed by atoms with Crippen molar-refractivity contribution in [2.75, 3.05) is 7.11 Å². The number of nitrogens with one attached hydrogen (secondary N) is 1. The molecule has 8 nitrogen and oxygen atoms in total. The topological polar surface area (TPSA) is 106 Å². The number of carbonyl (C=O) groups excluding carboxylic acids is 1. The second-order valence-electron chi connectivity index (χ2n) is 6.88. The van der Waals surface area contributed by atoms with Crippen molar-refractivity contribution in [1.29, 1.82) is 5.26 Å². The first-order chi connectivity index (χ1) is 15.8. The quantitative estimate of drug-likeness (QED) is 0.548. The molecule has 0 unspecified atom stereocenters. The molecule has 0 aliphatic rings. The SMILES string of the molecule is COc1nc([C@H](C)NC(=O)c2cc(C(F)(F)F)cc(C(F)(F)F)c2)n(-c2ccc(C#N)cn2)n1. The largest absolute Gasteiger partial charge is 0.466 e. The molecule has 0 saturated carbocycles. The molecule has 0 saturated heterocycles. The highest BCUT2D eigenvalue weighted by molar-refractivity contribution is 5.94. The van der Waals surface area contributed by atoms with Gasteiger partial charge in [0.05, 0.1) is 29.8 Å². The highest BCUT2D eigenvalue weighted by Gasteiger charge is 2.37. The van der Waals surface area contributed by atoms with Crippen LogP contribution in [-0.2, 0) is 12.4 Å². The number of nitriles is 1. The van der Waals surface area contributed by atoms with E-state index >= 15 is 0 Å². The van der Waals surface area contributed by atoms with Crippen LogP contribution < -0.4 is 10.1 Å². The van der Waals surface area contributed by atoms with E-state index in [1.807, 2.05) is 6.07 Å². The number of alkyl halides is 6. The van der Waals surface area contributed by atoms with E-state index in [-0.39, 0.29) is 29.3 Å². The maximum Gasteiger partial charge on any atom is 0.416 e. The van der Waals surface area contributed by atoms with E-state index in [9.17, 15) is 31.1 Å². The van der Waals surface area contributed by atoms with E-state index in [4.69, 9.17) is 10.00 Å². The summed E-state index contributed by atoms with van der Waals surface area (Å²) in [6.07, 6.45) is -8.95. The number of pyridine rings is 1. The molecule has 1 aromatic carbocycles. The number of halogens is 6. The van der Waals surface area contributed by atoms with Crippen LogP contribution in [0.5, 0.6) is 6.01 Å². The standard InChI is InChI=1S/C20H14F6N6O2/c1-10(16-30-18(34-2)31-32(16)15-4-3-11(8-27)9-28-15)29-17(33)12-5-13(19(21,22)23)7-14(6-12)20(24,25)26/h3-7,9-10H,1-2H3,(H,29,33)/t10-/m0/s1. The summed E-state index contributed by atoms with van der Waals surface area (Å²) >= 11 is 0. The molecular formula is C20H14F6N6O2. The van der Waals surface area contributed by atoms with E-state index in [1.54, 1.807) is 0 Å². The first kappa shape index (κ1) is 24.5. The average molecular weight is 484 g/mol. The van der Waals surface area contributed by atoms with E-state index in [0.29, 0.717) is 12.1 Å². The number of carbonyl (C=O) groups is 1. The molecule has 1 N–H and O–H groups in total. The van der Waals surface area contributed by atoms with Crippen LogP contribution in [-0.4, -0.2) is 32.8 Å². The summed E-state index contributed by atoms with van der Waals surface area (Å²) in [5.41, 5.74) is -3.83. The molecule has 0 aliphatic carbocycles. The van der Waals surface area contributed by atoms with Gasteiger partial charge in [-0.05, 0) is 37.3 Å². The fourth-order valence-electron chi connectivity index (χ4n) is 2.85. The Morgan fingerprint density at radius 3 is 2.21 bits per heavy atom. The number of ether oxygens (including phenoxy) is 1. The zero-order chi connectivity index (χ0) is 25.3. The van der Waals surface area contributed by atoms with E-state index in [2.05, 4.69) is 20.4 Å². The van der Waals surface area contributed by atoms with Gasteiger partial charge in [0.25, 0.3) is 5.91 Å². The van der Waals surface area contributed by atoms with Crippen LogP contribution in [0, 0.1) is 11.3 Å². The van der Waals surface area contributed by atoms with Gasteiger partial charge in [0.2, 0.25) is 0 Å². The Balaban J connectivity index is 1.96. The molecule has 2 aromatic heterocycles. The predicted molar refractivity (Wildman–Crippen MR) is 103 cm³/mol. The molecule has 0 fully saturated rings. The van der Waals surface area contributed by atoms with Gasteiger partial charge in [0.15, 0.2) is 11.6 Å². The molecular weight excluding hydrogens is 470 g/mol. The van der Waals surface area contributed by atoms with E-state index in [0.717, 1.165) is 4.68 Å².